The summed E-state index contributed by atoms with van der Waals surface area (Å²) in [5, 5.41) is 8.19. The minimum atomic E-state index is -5.80. The lowest BCUT2D eigenvalue weighted by Crippen LogP contribution is -2.15. The van der Waals surface area contributed by atoms with Crippen molar-refractivity contribution in [2.75, 3.05) is 0 Å². The third-order valence-corrected chi connectivity index (χ3v) is 8.61. The van der Waals surface area contributed by atoms with E-state index in [0.29, 0.717) is 34.2 Å². The molecule has 0 saturated carbocycles. The van der Waals surface area contributed by atoms with Crippen LogP contribution in [0.3, 0.4) is 0 Å². The topological polar surface area (TPSA) is 135 Å². The number of hydrogen-bond donors (Lipinski definition) is 2. The molecular formula is C31H22BrF2N4O5P. The van der Waals surface area contributed by atoms with E-state index in [9.17, 15) is 23.1 Å². The highest BCUT2D eigenvalue weighted by Crippen LogP contribution is 2.60. The normalized spacial score (nSPS) is 12.8. The van der Waals surface area contributed by atoms with E-state index in [1.165, 1.54) is 6.07 Å². The highest BCUT2D eigenvalue weighted by Gasteiger charge is 2.51. The molecular weight excluding hydrogens is 657 g/mol. The third kappa shape index (κ3) is 6.02. The Morgan fingerprint density at radius 1 is 0.773 bits per heavy atom. The Labute approximate surface area is 257 Å². The lowest BCUT2D eigenvalue weighted by molar-refractivity contribution is 0.0556. The summed E-state index contributed by atoms with van der Waals surface area (Å²) in [6.07, 6.45) is 0.103. The molecule has 9 nitrogen and oxygen atoms in total. The summed E-state index contributed by atoms with van der Waals surface area (Å²) in [5.74, 6) is 0.737. The van der Waals surface area contributed by atoms with Gasteiger partial charge in [0, 0.05) is 26.7 Å². The monoisotopic (exact) mass is 678 g/mol. The van der Waals surface area contributed by atoms with Gasteiger partial charge in [0.05, 0.1) is 5.92 Å². The quantitative estimate of drug-likeness (QED) is 0.147. The molecule has 2 heterocycles. The first-order valence-electron chi connectivity index (χ1n) is 13.2. The second-order valence-corrected chi connectivity index (χ2v) is 12.4. The summed E-state index contributed by atoms with van der Waals surface area (Å²) >= 11 is 3.01. The predicted octanol–water partition coefficient (Wildman–Crippen LogP) is 7.82. The molecule has 44 heavy (non-hydrogen) atoms. The summed E-state index contributed by atoms with van der Waals surface area (Å²) < 4.78 is 52.1. The van der Waals surface area contributed by atoms with Gasteiger partial charge < -0.3 is 18.8 Å². The molecule has 6 aromatic rings. The SMILES string of the molecule is O=P(O)(O)C(F)(F)c1cc(CC(c2ccc(-c3nc(-c4ccccc4)no3)cc2)c2nc(-c3ccccc3)no2)ccc1Br. The predicted molar refractivity (Wildman–Crippen MR) is 161 cm³/mol. The van der Waals surface area contributed by atoms with Crippen LogP contribution >= 0.6 is 23.5 Å². The number of rotatable bonds is 9. The van der Waals surface area contributed by atoms with Crippen LogP contribution in [0.1, 0.15) is 28.5 Å². The molecule has 0 aliphatic heterocycles. The molecule has 222 valence electrons. The van der Waals surface area contributed by atoms with E-state index >= 15 is 0 Å². The zero-order valence-corrected chi connectivity index (χ0v) is 25.1. The minimum Gasteiger partial charge on any atom is -0.338 e. The number of aromatic nitrogens is 4. The highest BCUT2D eigenvalue weighted by atomic mass is 79.9. The fraction of sp³-hybridized carbons (Fsp3) is 0.0968. The summed E-state index contributed by atoms with van der Waals surface area (Å²) in [7, 11) is -5.80. The van der Waals surface area contributed by atoms with Crippen molar-refractivity contribution < 1.29 is 32.2 Å². The number of halogens is 3. The molecule has 0 saturated heterocycles. The lowest BCUT2D eigenvalue weighted by atomic mass is 9.90. The van der Waals surface area contributed by atoms with Gasteiger partial charge in [0.25, 0.3) is 5.89 Å². The van der Waals surface area contributed by atoms with Crippen molar-refractivity contribution in [1.82, 2.24) is 20.3 Å². The van der Waals surface area contributed by atoms with E-state index in [0.717, 1.165) is 17.2 Å². The summed E-state index contributed by atoms with van der Waals surface area (Å²) in [6, 6.07) is 29.8. The standard InChI is InChI=1S/C31H22BrF2N4O5P/c32-26-16-11-19(18-25(26)31(33,34)44(39,40)41)17-24(30-36-28(38-43-30)22-9-5-2-6-10-22)20-12-14-23(15-13-20)29-35-27(37-42-29)21-7-3-1-4-8-21/h1-16,18,24H,17H2,(H2,39,40,41). The van der Waals surface area contributed by atoms with E-state index in [1.54, 1.807) is 18.2 Å². The van der Waals surface area contributed by atoms with Crippen LogP contribution in [0, 0.1) is 0 Å². The van der Waals surface area contributed by atoms with Crippen molar-refractivity contribution in [1.29, 1.82) is 0 Å². The Hall–Kier alpha value is -4.35. The van der Waals surface area contributed by atoms with E-state index < -0.39 is 24.7 Å². The molecule has 1 atom stereocenters. The Morgan fingerprint density at radius 3 is 1.98 bits per heavy atom. The third-order valence-electron chi connectivity index (χ3n) is 6.95. The van der Waals surface area contributed by atoms with Crippen LogP contribution in [0.25, 0.3) is 34.2 Å². The first-order chi connectivity index (χ1) is 21.1. The van der Waals surface area contributed by atoms with Crippen molar-refractivity contribution in [2.24, 2.45) is 0 Å². The van der Waals surface area contributed by atoms with Gasteiger partial charge in [-0.2, -0.15) is 18.7 Å². The molecule has 1 unspecified atom stereocenters. The Bertz CT molecular complexity index is 1950. The molecule has 13 heteroatoms. The van der Waals surface area contributed by atoms with Gasteiger partial charge in [0.1, 0.15) is 0 Å². The van der Waals surface area contributed by atoms with E-state index in [1.807, 2.05) is 72.8 Å². The van der Waals surface area contributed by atoms with Crippen molar-refractivity contribution in [3.05, 3.63) is 130 Å². The van der Waals surface area contributed by atoms with Gasteiger partial charge in [0.2, 0.25) is 17.5 Å². The summed E-state index contributed by atoms with van der Waals surface area (Å²) in [6.45, 7) is 0. The molecule has 0 aliphatic carbocycles. The van der Waals surface area contributed by atoms with E-state index in [-0.39, 0.29) is 16.8 Å². The average Bonchev–Trinajstić information content (AvgIpc) is 3.72. The Kier molecular flexibility index (Phi) is 8.08. The van der Waals surface area contributed by atoms with Crippen LogP contribution in [0.5, 0.6) is 0 Å². The highest BCUT2D eigenvalue weighted by molar-refractivity contribution is 9.10. The number of nitrogens with zero attached hydrogens (tertiary/aromatic N) is 4. The van der Waals surface area contributed by atoms with Gasteiger partial charge in [-0.25, -0.2) is 0 Å². The van der Waals surface area contributed by atoms with Crippen LogP contribution in [-0.4, -0.2) is 30.1 Å². The maximum Gasteiger partial charge on any atom is 0.399 e. The molecule has 0 radical (unpaired) electrons. The average molecular weight is 679 g/mol. The zero-order chi connectivity index (χ0) is 30.9. The fourth-order valence-corrected chi connectivity index (χ4v) is 5.80. The van der Waals surface area contributed by atoms with Gasteiger partial charge in [-0.05, 0) is 41.8 Å². The van der Waals surface area contributed by atoms with Crippen molar-refractivity contribution in [2.45, 2.75) is 18.0 Å². The molecule has 0 spiro atoms. The van der Waals surface area contributed by atoms with Crippen LogP contribution in [0.2, 0.25) is 0 Å². The molecule has 2 N–H and O–H groups in total. The minimum absolute atomic E-state index is 0.103. The van der Waals surface area contributed by atoms with Crippen molar-refractivity contribution >= 4 is 23.5 Å². The number of hydrogen-bond acceptors (Lipinski definition) is 7. The van der Waals surface area contributed by atoms with Crippen molar-refractivity contribution in [3.63, 3.8) is 0 Å². The Morgan fingerprint density at radius 2 is 1.36 bits per heavy atom. The smallest absolute Gasteiger partial charge is 0.338 e. The van der Waals surface area contributed by atoms with Gasteiger partial charge in [0.15, 0.2) is 0 Å². The molecule has 4 aromatic carbocycles. The Balaban J connectivity index is 1.36. The zero-order valence-electron chi connectivity index (χ0n) is 22.6. The fourth-order valence-electron chi connectivity index (χ4n) is 4.65. The van der Waals surface area contributed by atoms with Gasteiger partial charge in [-0.15, -0.1) is 0 Å². The summed E-state index contributed by atoms with van der Waals surface area (Å²) in [5.41, 5.74) is -1.94. The molecule has 2 aromatic heterocycles. The second-order valence-electron chi connectivity index (χ2n) is 9.89. The maximum absolute atomic E-state index is 14.7. The maximum atomic E-state index is 14.7. The van der Waals surface area contributed by atoms with Gasteiger partial charge in [-0.3, -0.25) is 4.57 Å². The van der Waals surface area contributed by atoms with Gasteiger partial charge >= 0.3 is 13.3 Å². The molecule has 6 rings (SSSR count). The number of alkyl halides is 2. The van der Waals surface area contributed by atoms with E-state index in [4.69, 9.17) is 9.05 Å². The van der Waals surface area contributed by atoms with Crippen LogP contribution < -0.4 is 0 Å². The second kappa shape index (κ2) is 12.0. The summed E-state index contributed by atoms with van der Waals surface area (Å²) in [4.78, 5) is 27.8. The van der Waals surface area contributed by atoms with Crippen LogP contribution in [0.4, 0.5) is 8.78 Å². The molecule has 0 amide bonds. The van der Waals surface area contributed by atoms with E-state index in [2.05, 4.69) is 36.2 Å². The van der Waals surface area contributed by atoms with Crippen LogP contribution in [0.15, 0.2) is 117 Å². The lowest BCUT2D eigenvalue weighted by Gasteiger charge is -2.21. The molecule has 0 aliphatic rings. The van der Waals surface area contributed by atoms with Gasteiger partial charge in [-0.1, -0.05) is 105 Å². The molecule has 0 fully saturated rings. The molecule has 0 bridgehead atoms. The first kappa shape index (κ1) is 29.7. The van der Waals surface area contributed by atoms with Crippen LogP contribution in [-0.2, 0) is 16.6 Å². The largest absolute Gasteiger partial charge is 0.399 e. The first-order valence-corrected chi connectivity index (χ1v) is 15.6. The number of benzene rings is 4. The van der Waals surface area contributed by atoms with Crippen molar-refractivity contribution in [3.8, 4) is 34.2 Å².